The molecule has 3 rings (SSSR count). The SMILES string of the molecule is C[n+]1cccc(C=Cc2ccc3cccc(O)c3n2)c1.[Cl-]. The lowest BCUT2D eigenvalue weighted by atomic mass is 10.1. The molecule has 0 saturated heterocycles. The van der Waals surface area contributed by atoms with Gasteiger partial charge in [0, 0.05) is 17.0 Å². The summed E-state index contributed by atoms with van der Waals surface area (Å²) in [6.45, 7) is 0. The number of aromatic hydroxyl groups is 1. The molecule has 1 aromatic carbocycles. The lowest BCUT2D eigenvalue weighted by Crippen LogP contribution is -3.00. The number of hydrogen-bond donors (Lipinski definition) is 1. The number of aryl methyl sites for hydroxylation is 1. The number of aromatic nitrogens is 2. The van der Waals surface area contributed by atoms with Gasteiger partial charge in [0.15, 0.2) is 12.4 Å². The van der Waals surface area contributed by atoms with Crippen molar-refractivity contribution in [2.24, 2.45) is 7.05 Å². The van der Waals surface area contributed by atoms with Gasteiger partial charge in [-0.25, -0.2) is 9.55 Å². The predicted molar refractivity (Wildman–Crippen MR) is 80.0 cm³/mol. The van der Waals surface area contributed by atoms with Crippen LogP contribution < -0.4 is 17.0 Å². The summed E-state index contributed by atoms with van der Waals surface area (Å²) < 4.78 is 2.00. The Morgan fingerprint density at radius 2 is 1.90 bits per heavy atom. The molecule has 2 aromatic heterocycles. The van der Waals surface area contributed by atoms with Gasteiger partial charge in [0.2, 0.25) is 0 Å². The third-order valence-electron chi connectivity index (χ3n) is 3.13. The lowest BCUT2D eigenvalue weighted by molar-refractivity contribution is -0.671. The summed E-state index contributed by atoms with van der Waals surface area (Å²) in [7, 11) is 1.99. The zero-order valence-electron chi connectivity index (χ0n) is 11.6. The van der Waals surface area contributed by atoms with Gasteiger partial charge in [0.25, 0.3) is 0 Å². The molecule has 0 amide bonds. The van der Waals surface area contributed by atoms with E-state index in [1.807, 2.05) is 72.6 Å². The largest absolute Gasteiger partial charge is 1.00 e. The van der Waals surface area contributed by atoms with Crippen LogP contribution in [0.2, 0.25) is 0 Å². The van der Waals surface area contributed by atoms with Gasteiger partial charge in [0.05, 0.1) is 5.69 Å². The maximum absolute atomic E-state index is 9.83. The first-order chi connectivity index (χ1) is 9.72. The predicted octanol–water partition coefficient (Wildman–Crippen LogP) is -0.0607. The van der Waals surface area contributed by atoms with E-state index in [1.165, 1.54) is 0 Å². The highest BCUT2D eigenvalue weighted by atomic mass is 35.5. The molecule has 106 valence electrons. The van der Waals surface area contributed by atoms with Crippen LogP contribution in [0.3, 0.4) is 0 Å². The van der Waals surface area contributed by atoms with Crippen LogP contribution >= 0.6 is 0 Å². The minimum atomic E-state index is 0. The Kier molecular flexibility index (Phi) is 4.55. The minimum Gasteiger partial charge on any atom is -1.00 e. The summed E-state index contributed by atoms with van der Waals surface area (Å²) in [5.74, 6) is 0.212. The molecule has 0 aliphatic heterocycles. The van der Waals surface area contributed by atoms with Crippen LogP contribution in [-0.4, -0.2) is 10.1 Å². The van der Waals surface area contributed by atoms with Crippen molar-refractivity contribution in [2.75, 3.05) is 0 Å². The molecule has 0 unspecified atom stereocenters. The van der Waals surface area contributed by atoms with Gasteiger partial charge in [-0.15, -0.1) is 0 Å². The van der Waals surface area contributed by atoms with E-state index in [0.29, 0.717) is 5.52 Å². The fraction of sp³-hybridized carbons (Fsp3) is 0.0588. The van der Waals surface area contributed by atoms with Gasteiger partial charge in [-0.05, 0) is 30.4 Å². The Labute approximate surface area is 129 Å². The third-order valence-corrected chi connectivity index (χ3v) is 3.13. The molecule has 4 heteroatoms. The van der Waals surface area contributed by atoms with E-state index in [2.05, 4.69) is 4.98 Å². The van der Waals surface area contributed by atoms with Crippen molar-refractivity contribution in [1.82, 2.24) is 4.98 Å². The second-order valence-electron chi connectivity index (χ2n) is 4.72. The number of fused-ring (bicyclic) bond motifs is 1. The molecule has 1 N–H and O–H groups in total. The topological polar surface area (TPSA) is 37.0 Å². The molecule has 3 nitrogen and oxygen atoms in total. The minimum absolute atomic E-state index is 0. The first-order valence-electron chi connectivity index (χ1n) is 6.44. The summed E-state index contributed by atoms with van der Waals surface area (Å²) in [5.41, 5.74) is 2.56. The summed E-state index contributed by atoms with van der Waals surface area (Å²) in [6.07, 6.45) is 7.98. The number of halogens is 1. The molecule has 0 aliphatic carbocycles. The zero-order chi connectivity index (χ0) is 13.9. The van der Waals surface area contributed by atoms with Gasteiger partial charge in [-0.2, -0.15) is 0 Å². The quantitative estimate of drug-likeness (QED) is 0.673. The van der Waals surface area contributed by atoms with Gasteiger partial charge < -0.3 is 17.5 Å². The highest BCUT2D eigenvalue weighted by Gasteiger charge is 2.01. The van der Waals surface area contributed by atoms with Crippen molar-refractivity contribution in [3.8, 4) is 5.75 Å². The third kappa shape index (κ3) is 3.38. The fourth-order valence-electron chi connectivity index (χ4n) is 2.13. The molecule has 0 bridgehead atoms. The van der Waals surface area contributed by atoms with Crippen LogP contribution in [0.1, 0.15) is 11.3 Å². The average Bonchev–Trinajstić information content (AvgIpc) is 2.46. The molecule has 21 heavy (non-hydrogen) atoms. The Morgan fingerprint density at radius 3 is 2.71 bits per heavy atom. The molecule has 0 saturated carbocycles. The van der Waals surface area contributed by atoms with Crippen molar-refractivity contribution in [1.29, 1.82) is 0 Å². The Bertz CT molecular complexity index is 800. The summed E-state index contributed by atoms with van der Waals surface area (Å²) in [6, 6.07) is 13.4. The molecule has 0 spiro atoms. The highest BCUT2D eigenvalue weighted by Crippen LogP contribution is 2.22. The Balaban J connectivity index is 0.00000161. The van der Waals surface area contributed by atoms with E-state index in [-0.39, 0.29) is 18.2 Å². The number of pyridine rings is 2. The number of rotatable bonds is 2. The van der Waals surface area contributed by atoms with Crippen molar-refractivity contribution in [3.05, 3.63) is 66.1 Å². The maximum Gasteiger partial charge on any atom is 0.175 e. The van der Waals surface area contributed by atoms with Crippen LogP contribution in [0, 0.1) is 0 Å². The smallest absolute Gasteiger partial charge is 0.175 e. The van der Waals surface area contributed by atoms with Crippen LogP contribution in [0.15, 0.2) is 54.9 Å². The van der Waals surface area contributed by atoms with E-state index in [1.54, 1.807) is 6.07 Å². The number of nitrogens with zero attached hydrogens (tertiary/aromatic N) is 2. The van der Waals surface area contributed by atoms with Crippen LogP contribution in [0.5, 0.6) is 5.75 Å². The van der Waals surface area contributed by atoms with E-state index in [9.17, 15) is 5.11 Å². The monoisotopic (exact) mass is 298 g/mol. The number of benzene rings is 1. The van der Waals surface area contributed by atoms with Crippen molar-refractivity contribution >= 4 is 23.1 Å². The standard InChI is InChI=1S/C17H14N2O.ClH/c1-19-11-3-4-13(12-19)7-9-15-10-8-14-5-2-6-16(20)17(14)18-15;/h2-12H,1H3;1H. The summed E-state index contributed by atoms with van der Waals surface area (Å²) in [4.78, 5) is 4.47. The summed E-state index contributed by atoms with van der Waals surface area (Å²) >= 11 is 0. The molecule has 0 radical (unpaired) electrons. The molecule has 3 aromatic rings. The number of phenolic OH excluding ortho intramolecular Hbond substituents is 1. The van der Waals surface area contributed by atoms with Crippen LogP contribution in [0.25, 0.3) is 23.1 Å². The molecular weight excluding hydrogens is 284 g/mol. The van der Waals surface area contributed by atoms with Crippen molar-refractivity contribution in [3.63, 3.8) is 0 Å². The fourth-order valence-corrected chi connectivity index (χ4v) is 2.13. The maximum atomic E-state index is 9.83. The molecule has 0 aliphatic rings. The van der Waals surface area contributed by atoms with Gasteiger partial charge in [-0.1, -0.05) is 18.2 Å². The average molecular weight is 299 g/mol. The first kappa shape index (κ1) is 15.0. The van der Waals surface area contributed by atoms with Crippen molar-refractivity contribution in [2.45, 2.75) is 0 Å². The summed E-state index contributed by atoms with van der Waals surface area (Å²) in [5, 5.41) is 10.8. The second kappa shape index (κ2) is 6.37. The number of para-hydroxylation sites is 1. The van der Waals surface area contributed by atoms with E-state index < -0.39 is 0 Å². The molecule has 2 heterocycles. The zero-order valence-corrected chi connectivity index (χ0v) is 12.3. The number of phenols is 1. The van der Waals surface area contributed by atoms with Crippen LogP contribution in [0.4, 0.5) is 0 Å². The normalized spacial score (nSPS) is 10.7. The molecule has 0 atom stereocenters. The van der Waals surface area contributed by atoms with Gasteiger partial charge in [-0.3, -0.25) is 0 Å². The van der Waals surface area contributed by atoms with E-state index in [0.717, 1.165) is 16.6 Å². The first-order valence-corrected chi connectivity index (χ1v) is 6.44. The molecular formula is C17H15ClN2O. The van der Waals surface area contributed by atoms with E-state index in [4.69, 9.17) is 0 Å². The van der Waals surface area contributed by atoms with Gasteiger partial charge in [0.1, 0.15) is 18.3 Å². The highest BCUT2D eigenvalue weighted by molar-refractivity contribution is 5.85. The second-order valence-corrected chi connectivity index (χ2v) is 4.72. The number of hydrogen-bond acceptors (Lipinski definition) is 2. The van der Waals surface area contributed by atoms with Crippen LogP contribution in [-0.2, 0) is 7.05 Å². The Hall–Kier alpha value is -2.39. The molecule has 0 fully saturated rings. The van der Waals surface area contributed by atoms with Crippen molar-refractivity contribution < 1.29 is 22.1 Å². The lowest BCUT2D eigenvalue weighted by Gasteiger charge is -2.01. The van der Waals surface area contributed by atoms with Gasteiger partial charge >= 0.3 is 0 Å². The van der Waals surface area contributed by atoms with E-state index >= 15 is 0 Å². The Morgan fingerprint density at radius 1 is 1.05 bits per heavy atom.